The fourth-order valence-electron chi connectivity index (χ4n) is 1.94. The lowest BCUT2D eigenvalue weighted by Crippen LogP contribution is -2.08. The smallest absolute Gasteiger partial charge is 0.122 e. The van der Waals surface area contributed by atoms with Gasteiger partial charge in [0.25, 0.3) is 0 Å². The molecule has 112 valence electrons. The van der Waals surface area contributed by atoms with Gasteiger partial charge in [0.05, 0.1) is 7.11 Å². The summed E-state index contributed by atoms with van der Waals surface area (Å²) in [4.78, 5) is 0. The number of hydrogen-bond acceptors (Lipinski definition) is 3. The van der Waals surface area contributed by atoms with Crippen LogP contribution in [-0.2, 0) is 0 Å². The van der Waals surface area contributed by atoms with Gasteiger partial charge in [-0.3, -0.25) is 0 Å². The van der Waals surface area contributed by atoms with Gasteiger partial charge in [-0.15, -0.1) is 0 Å². The van der Waals surface area contributed by atoms with Crippen LogP contribution in [0, 0.1) is 0 Å². The zero-order valence-electron chi connectivity index (χ0n) is 12.8. The summed E-state index contributed by atoms with van der Waals surface area (Å²) in [5, 5.41) is 0. The standard InChI is InChI=1S/C18H22O3/c1-14(2)15-4-6-17(7-5-15)20-12-13-21-18-10-8-16(19-3)9-11-18/h4-11,14H,12-13H2,1-3H3. The van der Waals surface area contributed by atoms with Crippen molar-refractivity contribution in [2.45, 2.75) is 19.8 Å². The highest BCUT2D eigenvalue weighted by Crippen LogP contribution is 2.19. The summed E-state index contributed by atoms with van der Waals surface area (Å²) >= 11 is 0. The summed E-state index contributed by atoms with van der Waals surface area (Å²) in [7, 11) is 1.65. The van der Waals surface area contributed by atoms with Gasteiger partial charge in [-0.1, -0.05) is 26.0 Å². The lowest BCUT2D eigenvalue weighted by Gasteiger charge is -2.10. The molecule has 2 aromatic rings. The maximum absolute atomic E-state index is 5.66. The van der Waals surface area contributed by atoms with E-state index in [1.807, 2.05) is 36.4 Å². The first-order valence-electron chi connectivity index (χ1n) is 7.18. The van der Waals surface area contributed by atoms with E-state index < -0.39 is 0 Å². The van der Waals surface area contributed by atoms with E-state index in [1.165, 1.54) is 5.56 Å². The van der Waals surface area contributed by atoms with E-state index in [0.717, 1.165) is 17.2 Å². The minimum absolute atomic E-state index is 0.512. The van der Waals surface area contributed by atoms with E-state index in [-0.39, 0.29) is 0 Å². The topological polar surface area (TPSA) is 27.7 Å². The number of methoxy groups -OCH3 is 1. The Bertz CT molecular complexity index is 529. The van der Waals surface area contributed by atoms with Crippen LogP contribution >= 0.6 is 0 Å². The SMILES string of the molecule is COc1ccc(OCCOc2ccc(C(C)C)cc2)cc1. The van der Waals surface area contributed by atoms with Crippen LogP contribution in [0.15, 0.2) is 48.5 Å². The van der Waals surface area contributed by atoms with E-state index in [0.29, 0.717) is 19.1 Å². The van der Waals surface area contributed by atoms with E-state index in [1.54, 1.807) is 7.11 Å². The molecule has 0 fully saturated rings. The van der Waals surface area contributed by atoms with Crippen molar-refractivity contribution in [2.75, 3.05) is 20.3 Å². The van der Waals surface area contributed by atoms with Crippen LogP contribution in [0.1, 0.15) is 25.3 Å². The third kappa shape index (κ3) is 4.71. The fraction of sp³-hybridized carbons (Fsp3) is 0.333. The molecule has 3 heteroatoms. The third-order valence-electron chi connectivity index (χ3n) is 3.23. The second-order valence-electron chi connectivity index (χ2n) is 5.10. The van der Waals surface area contributed by atoms with E-state index >= 15 is 0 Å². The summed E-state index contributed by atoms with van der Waals surface area (Å²) in [5.41, 5.74) is 1.32. The van der Waals surface area contributed by atoms with Gasteiger partial charge in [0.2, 0.25) is 0 Å². The quantitative estimate of drug-likeness (QED) is 0.711. The highest BCUT2D eigenvalue weighted by Gasteiger charge is 2.00. The van der Waals surface area contributed by atoms with Gasteiger partial charge in [0.15, 0.2) is 0 Å². The van der Waals surface area contributed by atoms with Crippen LogP contribution < -0.4 is 14.2 Å². The molecular formula is C18H22O3. The van der Waals surface area contributed by atoms with Gasteiger partial charge >= 0.3 is 0 Å². The molecule has 0 spiro atoms. The molecule has 0 aliphatic heterocycles. The predicted molar refractivity (Wildman–Crippen MR) is 84.5 cm³/mol. The summed E-state index contributed by atoms with van der Waals surface area (Å²) < 4.78 is 16.4. The third-order valence-corrected chi connectivity index (χ3v) is 3.23. The average Bonchev–Trinajstić information content (AvgIpc) is 2.52. The Kier molecular flexibility index (Phi) is 5.50. The molecule has 0 aliphatic carbocycles. The molecule has 0 aliphatic rings. The summed E-state index contributed by atoms with van der Waals surface area (Å²) in [6.07, 6.45) is 0. The maximum Gasteiger partial charge on any atom is 0.122 e. The normalized spacial score (nSPS) is 10.5. The molecule has 2 aromatic carbocycles. The molecule has 0 atom stereocenters. The minimum Gasteiger partial charge on any atom is -0.497 e. The van der Waals surface area contributed by atoms with Crippen molar-refractivity contribution in [3.05, 3.63) is 54.1 Å². The first-order chi connectivity index (χ1) is 10.2. The molecule has 0 bridgehead atoms. The lowest BCUT2D eigenvalue weighted by molar-refractivity contribution is 0.217. The van der Waals surface area contributed by atoms with Crippen LogP contribution in [0.5, 0.6) is 17.2 Å². The lowest BCUT2D eigenvalue weighted by atomic mass is 10.0. The van der Waals surface area contributed by atoms with E-state index in [2.05, 4.69) is 26.0 Å². The zero-order valence-corrected chi connectivity index (χ0v) is 12.8. The fourth-order valence-corrected chi connectivity index (χ4v) is 1.94. The van der Waals surface area contributed by atoms with Crippen LogP contribution in [0.2, 0.25) is 0 Å². The van der Waals surface area contributed by atoms with E-state index in [4.69, 9.17) is 14.2 Å². The van der Waals surface area contributed by atoms with E-state index in [9.17, 15) is 0 Å². The van der Waals surface area contributed by atoms with Gasteiger partial charge in [0, 0.05) is 0 Å². The van der Waals surface area contributed by atoms with Crippen molar-refractivity contribution in [1.29, 1.82) is 0 Å². The Morgan fingerprint density at radius 3 is 1.57 bits per heavy atom. The maximum atomic E-state index is 5.66. The predicted octanol–water partition coefficient (Wildman–Crippen LogP) is 4.28. The van der Waals surface area contributed by atoms with Crippen molar-refractivity contribution >= 4 is 0 Å². The molecule has 3 nitrogen and oxygen atoms in total. The van der Waals surface area contributed by atoms with Crippen LogP contribution in [0.4, 0.5) is 0 Å². The number of benzene rings is 2. The monoisotopic (exact) mass is 286 g/mol. The molecule has 0 amide bonds. The highest BCUT2D eigenvalue weighted by atomic mass is 16.5. The van der Waals surface area contributed by atoms with Crippen molar-refractivity contribution < 1.29 is 14.2 Å². The van der Waals surface area contributed by atoms with Gasteiger partial charge in [0.1, 0.15) is 30.5 Å². The summed E-state index contributed by atoms with van der Waals surface area (Å²) in [6, 6.07) is 15.7. The van der Waals surface area contributed by atoms with Gasteiger partial charge < -0.3 is 14.2 Å². The Morgan fingerprint density at radius 2 is 1.14 bits per heavy atom. The largest absolute Gasteiger partial charge is 0.497 e. The van der Waals surface area contributed by atoms with Gasteiger partial charge in [-0.25, -0.2) is 0 Å². The van der Waals surface area contributed by atoms with Crippen molar-refractivity contribution in [3.63, 3.8) is 0 Å². The molecule has 0 aromatic heterocycles. The number of rotatable bonds is 7. The van der Waals surface area contributed by atoms with Crippen LogP contribution in [0.25, 0.3) is 0 Å². The molecule has 0 saturated carbocycles. The first kappa shape index (κ1) is 15.2. The number of hydrogen-bond donors (Lipinski definition) is 0. The van der Waals surface area contributed by atoms with Crippen molar-refractivity contribution in [3.8, 4) is 17.2 Å². The molecular weight excluding hydrogens is 264 g/mol. The van der Waals surface area contributed by atoms with Gasteiger partial charge in [-0.2, -0.15) is 0 Å². The number of ether oxygens (including phenoxy) is 3. The second-order valence-corrected chi connectivity index (χ2v) is 5.10. The Labute approximate surface area is 126 Å². The molecule has 21 heavy (non-hydrogen) atoms. The van der Waals surface area contributed by atoms with Crippen molar-refractivity contribution in [1.82, 2.24) is 0 Å². The van der Waals surface area contributed by atoms with Crippen molar-refractivity contribution in [2.24, 2.45) is 0 Å². The molecule has 2 rings (SSSR count). The Morgan fingerprint density at radius 1 is 0.714 bits per heavy atom. The average molecular weight is 286 g/mol. The highest BCUT2D eigenvalue weighted by molar-refractivity contribution is 5.31. The Balaban J connectivity index is 1.73. The zero-order chi connectivity index (χ0) is 15.1. The molecule has 0 radical (unpaired) electrons. The molecule has 0 N–H and O–H groups in total. The minimum atomic E-state index is 0.512. The second kappa shape index (κ2) is 7.58. The molecule has 0 unspecified atom stereocenters. The first-order valence-corrected chi connectivity index (χ1v) is 7.18. The summed E-state index contributed by atoms with van der Waals surface area (Å²) in [6.45, 7) is 5.39. The van der Waals surface area contributed by atoms with Crippen LogP contribution in [0.3, 0.4) is 0 Å². The summed E-state index contributed by atoms with van der Waals surface area (Å²) in [5.74, 6) is 3.05. The molecule has 0 heterocycles. The Hall–Kier alpha value is -2.16. The van der Waals surface area contributed by atoms with Gasteiger partial charge in [-0.05, 0) is 47.9 Å². The van der Waals surface area contributed by atoms with Crippen LogP contribution in [-0.4, -0.2) is 20.3 Å². The molecule has 0 saturated heterocycles.